The number of aryl methyl sites for hydroxylation is 1. The van der Waals surface area contributed by atoms with E-state index in [1.165, 1.54) is 42.1 Å². The third kappa shape index (κ3) is 5.16. The summed E-state index contributed by atoms with van der Waals surface area (Å²) in [5.74, 6) is -2.19. The number of alkyl halides is 3. The first kappa shape index (κ1) is 21.8. The average molecular weight is 433 g/mol. The lowest BCUT2D eigenvalue weighted by atomic mass is 10.1. The summed E-state index contributed by atoms with van der Waals surface area (Å²) in [5, 5.41) is 4.43. The second-order valence-corrected chi connectivity index (χ2v) is 6.54. The molecular formula is C21H15F4N3O3. The minimum absolute atomic E-state index is 0.0537. The SMILES string of the molecule is Cn1ccc(C(=O)Nc2ccc(NC(=O)c3ccc(F)cc3)cc2C(F)(F)F)cc1=O. The second kappa shape index (κ2) is 8.42. The van der Waals surface area contributed by atoms with Gasteiger partial charge in [-0.25, -0.2) is 4.39 Å². The van der Waals surface area contributed by atoms with Crippen molar-refractivity contribution in [1.29, 1.82) is 0 Å². The molecule has 3 rings (SSSR count). The third-order valence-corrected chi connectivity index (χ3v) is 4.30. The lowest BCUT2D eigenvalue weighted by molar-refractivity contribution is -0.136. The van der Waals surface area contributed by atoms with Gasteiger partial charge < -0.3 is 15.2 Å². The van der Waals surface area contributed by atoms with Crippen LogP contribution in [-0.2, 0) is 13.2 Å². The molecule has 0 unspecified atom stereocenters. The molecule has 6 nitrogen and oxygen atoms in total. The summed E-state index contributed by atoms with van der Waals surface area (Å²) in [7, 11) is 1.46. The number of anilines is 2. The molecular weight excluding hydrogens is 418 g/mol. The molecule has 160 valence electrons. The number of aromatic nitrogens is 1. The molecule has 2 aromatic carbocycles. The number of rotatable bonds is 4. The minimum atomic E-state index is -4.84. The Hall–Kier alpha value is -3.95. The second-order valence-electron chi connectivity index (χ2n) is 6.54. The number of carbonyl (C=O) groups is 2. The van der Waals surface area contributed by atoms with Crippen LogP contribution in [0.2, 0.25) is 0 Å². The van der Waals surface area contributed by atoms with Crippen LogP contribution in [0.4, 0.5) is 28.9 Å². The van der Waals surface area contributed by atoms with Gasteiger partial charge in [-0.05, 0) is 48.5 Å². The summed E-state index contributed by atoms with van der Waals surface area (Å²) < 4.78 is 54.8. The van der Waals surface area contributed by atoms with E-state index in [9.17, 15) is 31.9 Å². The summed E-state index contributed by atoms with van der Waals surface area (Å²) in [5.41, 5.74) is -2.46. The molecule has 0 atom stereocenters. The van der Waals surface area contributed by atoms with Crippen LogP contribution in [0.5, 0.6) is 0 Å². The normalized spacial score (nSPS) is 11.1. The van der Waals surface area contributed by atoms with Crippen molar-refractivity contribution in [2.45, 2.75) is 6.18 Å². The number of pyridine rings is 1. The van der Waals surface area contributed by atoms with Gasteiger partial charge in [0, 0.05) is 36.1 Å². The quantitative estimate of drug-likeness (QED) is 0.610. The minimum Gasteiger partial charge on any atom is -0.322 e. The third-order valence-electron chi connectivity index (χ3n) is 4.30. The number of nitrogens with zero attached hydrogens (tertiary/aromatic N) is 1. The molecule has 1 heterocycles. The van der Waals surface area contributed by atoms with Gasteiger partial charge >= 0.3 is 6.18 Å². The molecule has 10 heteroatoms. The number of carbonyl (C=O) groups excluding carboxylic acids is 2. The molecule has 0 radical (unpaired) electrons. The monoisotopic (exact) mass is 433 g/mol. The van der Waals surface area contributed by atoms with Gasteiger partial charge in [-0.3, -0.25) is 14.4 Å². The predicted octanol–water partition coefficient (Wildman–Crippen LogP) is 4.05. The van der Waals surface area contributed by atoms with Gasteiger partial charge in [0.15, 0.2) is 0 Å². The fourth-order valence-electron chi connectivity index (χ4n) is 2.65. The first-order valence-electron chi connectivity index (χ1n) is 8.81. The molecule has 0 aliphatic heterocycles. The van der Waals surface area contributed by atoms with Crippen LogP contribution in [0.3, 0.4) is 0 Å². The van der Waals surface area contributed by atoms with Crippen molar-refractivity contribution >= 4 is 23.2 Å². The van der Waals surface area contributed by atoms with Gasteiger partial charge in [0.2, 0.25) is 0 Å². The lowest BCUT2D eigenvalue weighted by Crippen LogP contribution is -2.21. The molecule has 0 aliphatic carbocycles. The van der Waals surface area contributed by atoms with Crippen molar-refractivity contribution in [1.82, 2.24) is 4.57 Å². The zero-order valence-corrected chi connectivity index (χ0v) is 16.0. The van der Waals surface area contributed by atoms with Crippen LogP contribution >= 0.6 is 0 Å². The summed E-state index contributed by atoms with van der Waals surface area (Å²) in [4.78, 5) is 36.1. The summed E-state index contributed by atoms with van der Waals surface area (Å²) in [6.45, 7) is 0. The smallest absolute Gasteiger partial charge is 0.322 e. The number of halogens is 4. The van der Waals surface area contributed by atoms with Crippen molar-refractivity contribution in [2.24, 2.45) is 7.05 Å². The number of amides is 2. The molecule has 0 aliphatic rings. The molecule has 0 bridgehead atoms. The molecule has 0 spiro atoms. The fraction of sp³-hybridized carbons (Fsp3) is 0.0952. The van der Waals surface area contributed by atoms with Crippen LogP contribution in [-0.4, -0.2) is 16.4 Å². The first-order chi connectivity index (χ1) is 14.5. The van der Waals surface area contributed by atoms with E-state index >= 15 is 0 Å². The maximum Gasteiger partial charge on any atom is 0.418 e. The summed E-state index contributed by atoms with van der Waals surface area (Å²) >= 11 is 0. The Labute approximate surface area is 173 Å². The highest BCUT2D eigenvalue weighted by molar-refractivity contribution is 6.06. The van der Waals surface area contributed by atoms with Crippen LogP contribution < -0.4 is 16.2 Å². The van der Waals surface area contributed by atoms with Crippen molar-refractivity contribution in [3.8, 4) is 0 Å². The number of hydrogen-bond acceptors (Lipinski definition) is 3. The zero-order valence-electron chi connectivity index (χ0n) is 16.0. The molecule has 3 aromatic rings. The molecule has 2 N–H and O–H groups in total. The maximum absolute atomic E-state index is 13.5. The Morgan fingerprint density at radius 1 is 0.871 bits per heavy atom. The molecule has 1 aromatic heterocycles. The van der Waals surface area contributed by atoms with Crippen LogP contribution in [0, 0.1) is 5.82 Å². The van der Waals surface area contributed by atoms with Crippen molar-refractivity contribution in [2.75, 3.05) is 10.6 Å². The van der Waals surface area contributed by atoms with Crippen molar-refractivity contribution < 1.29 is 27.2 Å². The highest BCUT2D eigenvalue weighted by atomic mass is 19.4. The largest absolute Gasteiger partial charge is 0.418 e. The van der Waals surface area contributed by atoms with E-state index in [0.29, 0.717) is 6.07 Å². The summed E-state index contributed by atoms with van der Waals surface area (Å²) in [6, 6.07) is 9.60. The summed E-state index contributed by atoms with van der Waals surface area (Å²) in [6.07, 6.45) is -3.53. The molecule has 31 heavy (non-hydrogen) atoms. The molecule has 0 fully saturated rings. The Balaban J connectivity index is 1.87. The van der Waals surface area contributed by atoms with Crippen molar-refractivity contribution in [3.05, 3.63) is 93.7 Å². The van der Waals surface area contributed by atoms with E-state index in [2.05, 4.69) is 10.6 Å². The van der Waals surface area contributed by atoms with Crippen LogP contribution in [0.15, 0.2) is 65.6 Å². The Kier molecular flexibility index (Phi) is 5.91. The fourth-order valence-corrected chi connectivity index (χ4v) is 2.65. The lowest BCUT2D eigenvalue weighted by Gasteiger charge is -2.16. The van der Waals surface area contributed by atoms with E-state index in [4.69, 9.17) is 0 Å². The zero-order chi connectivity index (χ0) is 22.8. The van der Waals surface area contributed by atoms with Gasteiger partial charge in [-0.15, -0.1) is 0 Å². The van der Waals surface area contributed by atoms with E-state index in [1.807, 2.05) is 0 Å². The van der Waals surface area contributed by atoms with Crippen molar-refractivity contribution in [3.63, 3.8) is 0 Å². The Morgan fingerprint density at radius 3 is 2.13 bits per heavy atom. The Bertz CT molecular complexity index is 1200. The molecule has 0 saturated carbocycles. The number of benzene rings is 2. The molecule has 0 saturated heterocycles. The maximum atomic E-state index is 13.5. The van der Waals surface area contributed by atoms with Gasteiger partial charge in [-0.1, -0.05) is 0 Å². The number of nitrogens with one attached hydrogen (secondary N) is 2. The average Bonchev–Trinajstić information content (AvgIpc) is 2.70. The predicted molar refractivity (Wildman–Crippen MR) is 105 cm³/mol. The van der Waals surface area contributed by atoms with Gasteiger partial charge in [0.1, 0.15) is 5.82 Å². The van der Waals surface area contributed by atoms with Gasteiger partial charge in [0.05, 0.1) is 11.3 Å². The number of hydrogen-bond donors (Lipinski definition) is 2. The van der Waals surface area contributed by atoms with Gasteiger partial charge in [0.25, 0.3) is 17.4 Å². The van der Waals surface area contributed by atoms with E-state index in [1.54, 1.807) is 0 Å². The van der Waals surface area contributed by atoms with Crippen LogP contribution in [0.25, 0.3) is 0 Å². The van der Waals surface area contributed by atoms with Crippen LogP contribution in [0.1, 0.15) is 26.3 Å². The van der Waals surface area contributed by atoms with Gasteiger partial charge in [-0.2, -0.15) is 13.2 Å². The highest BCUT2D eigenvalue weighted by Gasteiger charge is 2.34. The topological polar surface area (TPSA) is 80.2 Å². The standard InChI is InChI=1S/C21H15F4N3O3/c1-28-9-8-13(10-18(28)29)20(31)27-17-7-6-15(11-16(17)21(23,24)25)26-19(30)12-2-4-14(22)5-3-12/h2-11H,1H3,(H,26,30)(H,27,31). The van der Waals surface area contributed by atoms with E-state index in [-0.39, 0.29) is 16.8 Å². The molecule has 2 amide bonds. The van der Waals surface area contributed by atoms with E-state index < -0.39 is 40.6 Å². The van der Waals surface area contributed by atoms with E-state index in [0.717, 1.165) is 24.3 Å². The Morgan fingerprint density at radius 2 is 1.52 bits per heavy atom. The first-order valence-corrected chi connectivity index (χ1v) is 8.81. The highest BCUT2D eigenvalue weighted by Crippen LogP contribution is 2.37.